The van der Waals surface area contributed by atoms with Crippen molar-refractivity contribution in [2.75, 3.05) is 4.90 Å². The van der Waals surface area contributed by atoms with Gasteiger partial charge in [-0.2, -0.15) is 0 Å². The zero-order valence-corrected chi connectivity index (χ0v) is 14.5. The van der Waals surface area contributed by atoms with E-state index in [0.29, 0.717) is 5.58 Å². The second-order valence-corrected chi connectivity index (χ2v) is 6.44. The Morgan fingerprint density at radius 1 is 0.593 bits per heavy atom. The Morgan fingerprint density at radius 3 is 1.93 bits per heavy atom. The van der Waals surface area contributed by atoms with Gasteiger partial charge in [0.25, 0.3) is 0 Å². The van der Waals surface area contributed by atoms with E-state index in [4.69, 9.17) is 4.42 Å². The molecule has 130 valence electrons. The molecule has 0 aliphatic heterocycles. The fourth-order valence-corrected chi connectivity index (χ4v) is 3.51. The highest BCUT2D eigenvalue weighted by Gasteiger charge is 2.15. The Morgan fingerprint density at radius 2 is 1.26 bits per heavy atom. The molecule has 1 heterocycles. The van der Waals surface area contributed by atoms with Crippen LogP contribution in [0.25, 0.3) is 21.9 Å². The Balaban J connectivity index is 1.73. The normalized spacial score (nSPS) is 11.1. The molecule has 0 bridgehead atoms. The van der Waals surface area contributed by atoms with Gasteiger partial charge >= 0.3 is 0 Å². The number of hydrogen-bond donors (Lipinski definition) is 1. The number of aromatic hydroxyl groups is 1. The molecular weight excluding hydrogens is 334 g/mol. The Hall–Kier alpha value is -3.72. The lowest BCUT2D eigenvalue weighted by Crippen LogP contribution is -2.09. The van der Waals surface area contributed by atoms with Crippen LogP contribution >= 0.6 is 0 Å². The molecule has 5 aromatic rings. The average molecular weight is 351 g/mol. The number of hydrogen-bond acceptors (Lipinski definition) is 3. The van der Waals surface area contributed by atoms with E-state index in [-0.39, 0.29) is 5.75 Å². The first-order valence-corrected chi connectivity index (χ1v) is 8.86. The molecular formula is C24H17NO2. The van der Waals surface area contributed by atoms with Crippen molar-refractivity contribution in [2.24, 2.45) is 0 Å². The predicted molar refractivity (Wildman–Crippen MR) is 110 cm³/mol. The number of phenols is 1. The molecule has 4 aromatic carbocycles. The molecule has 27 heavy (non-hydrogen) atoms. The van der Waals surface area contributed by atoms with Crippen molar-refractivity contribution in [1.29, 1.82) is 0 Å². The molecule has 0 fully saturated rings. The smallest absolute Gasteiger partial charge is 0.177 e. The number of phenolic OH excluding ortho intramolecular Hbond substituents is 1. The number of para-hydroxylation sites is 3. The first-order chi connectivity index (χ1) is 13.3. The summed E-state index contributed by atoms with van der Waals surface area (Å²) in [5.74, 6) is 0.160. The van der Waals surface area contributed by atoms with Crippen LogP contribution in [0.3, 0.4) is 0 Å². The van der Waals surface area contributed by atoms with Gasteiger partial charge in [0.2, 0.25) is 0 Å². The Labute approximate surface area is 156 Å². The molecule has 0 unspecified atom stereocenters. The van der Waals surface area contributed by atoms with Crippen LogP contribution in [0.5, 0.6) is 5.75 Å². The maximum Gasteiger partial charge on any atom is 0.177 e. The van der Waals surface area contributed by atoms with E-state index < -0.39 is 0 Å². The summed E-state index contributed by atoms with van der Waals surface area (Å²) >= 11 is 0. The lowest BCUT2D eigenvalue weighted by Gasteiger charge is -2.25. The molecule has 0 saturated carbocycles. The van der Waals surface area contributed by atoms with Gasteiger partial charge in [0.1, 0.15) is 5.58 Å². The lowest BCUT2D eigenvalue weighted by atomic mass is 10.1. The average Bonchev–Trinajstić information content (AvgIpc) is 3.09. The number of rotatable bonds is 3. The fraction of sp³-hybridized carbons (Fsp3) is 0. The van der Waals surface area contributed by atoms with Crippen molar-refractivity contribution in [3.63, 3.8) is 0 Å². The highest BCUT2D eigenvalue weighted by molar-refractivity contribution is 6.07. The second kappa shape index (κ2) is 6.22. The quantitative estimate of drug-likeness (QED) is 0.390. The largest absolute Gasteiger partial charge is 0.504 e. The second-order valence-electron chi connectivity index (χ2n) is 6.44. The third kappa shape index (κ3) is 2.61. The summed E-state index contributed by atoms with van der Waals surface area (Å²) in [5, 5.41) is 12.0. The molecule has 0 spiro atoms. The predicted octanol–water partition coefficient (Wildman–Crippen LogP) is 6.76. The maximum absolute atomic E-state index is 10.1. The van der Waals surface area contributed by atoms with Crippen LogP contribution in [0.2, 0.25) is 0 Å². The van der Waals surface area contributed by atoms with Crippen molar-refractivity contribution in [3.05, 3.63) is 97.1 Å². The summed E-state index contributed by atoms with van der Waals surface area (Å²) in [5.41, 5.74) is 4.42. The number of nitrogens with zero attached hydrogens (tertiary/aromatic N) is 1. The molecule has 0 saturated heterocycles. The van der Waals surface area contributed by atoms with Gasteiger partial charge in [-0.1, -0.05) is 48.5 Å². The third-order valence-electron chi connectivity index (χ3n) is 4.75. The summed E-state index contributed by atoms with van der Waals surface area (Å²) in [6, 6.07) is 32.1. The first-order valence-electron chi connectivity index (χ1n) is 8.86. The van der Waals surface area contributed by atoms with Gasteiger partial charge in [0.15, 0.2) is 11.3 Å². The topological polar surface area (TPSA) is 36.6 Å². The molecule has 0 radical (unpaired) electrons. The molecule has 0 amide bonds. The van der Waals surface area contributed by atoms with Gasteiger partial charge in [-0.15, -0.1) is 0 Å². The molecule has 0 atom stereocenters. The van der Waals surface area contributed by atoms with Gasteiger partial charge < -0.3 is 14.4 Å². The third-order valence-corrected chi connectivity index (χ3v) is 4.75. The van der Waals surface area contributed by atoms with E-state index in [2.05, 4.69) is 41.3 Å². The van der Waals surface area contributed by atoms with Crippen LogP contribution in [0.4, 0.5) is 17.1 Å². The summed E-state index contributed by atoms with van der Waals surface area (Å²) in [6.45, 7) is 0. The lowest BCUT2D eigenvalue weighted by molar-refractivity contribution is 0.469. The van der Waals surface area contributed by atoms with E-state index >= 15 is 0 Å². The summed E-state index contributed by atoms with van der Waals surface area (Å²) in [4.78, 5) is 2.19. The maximum atomic E-state index is 10.1. The minimum Gasteiger partial charge on any atom is -0.504 e. The highest BCUT2D eigenvalue weighted by atomic mass is 16.4. The van der Waals surface area contributed by atoms with E-state index in [1.54, 1.807) is 6.07 Å². The van der Waals surface area contributed by atoms with Gasteiger partial charge in [-0.3, -0.25) is 0 Å². The number of benzene rings is 4. The van der Waals surface area contributed by atoms with E-state index in [9.17, 15) is 5.11 Å². The fourth-order valence-electron chi connectivity index (χ4n) is 3.51. The van der Waals surface area contributed by atoms with Crippen LogP contribution in [-0.4, -0.2) is 5.11 Å². The zero-order valence-electron chi connectivity index (χ0n) is 14.5. The zero-order chi connectivity index (χ0) is 18.2. The van der Waals surface area contributed by atoms with Crippen LogP contribution in [0.1, 0.15) is 0 Å². The van der Waals surface area contributed by atoms with Crippen molar-refractivity contribution in [2.45, 2.75) is 0 Å². The van der Waals surface area contributed by atoms with Gasteiger partial charge in [0.05, 0.1) is 0 Å². The van der Waals surface area contributed by atoms with Crippen LogP contribution in [0, 0.1) is 0 Å². The summed E-state index contributed by atoms with van der Waals surface area (Å²) in [7, 11) is 0. The standard InChI is InChI=1S/C24H17NO2/c26-22-13-7-12-21-20-15-14-19(16-23(20)27-24(21)22)25(17-8-3-1-4-9-17)18-10-5-2-6-11-18/h1-16,26H. The SMILES string of the molecule is Oc1cccc2c1oc1cc(N(c3ccccc3)c3ccccc3)ccc12. The minimum absolute atomic E-state index is 0.160. The summed E-state index contributed by atoms with van der Waals surface area (Å²) in [6.07, 6.45) is 0. The Bertz CT molecular complexity index is 1190. The molecule has 0 aliphatic carbocycles. The minimum atomic E-state index is 0.160. The number of anilines is 3. The Kier molecular flexibility index (Phi) is 3.58. The van der Waals surface area contributed by atoms with Gasteiger partial charge in [-0.05, 0) is 42.5 Å². The molecule has 3 nitrogen and oxygen atoms in total. The molecule has 5 rings (SSSR count). The highest BCUT2D eigenvalue weighted by Crippen LogP contribution is 2.39. The van der Waals surface area contributed by atoms with E-state index in [1.165, 1.54) is 0 Å². The van der Waals surface area contributed by atoms with Crippen molar-refractivity contribution in [3.8, 4) is 5.75 Å². The number of fused-ring (bicyclic) bond motifs is 3. The van der Waals surface area contributed by atoms with Gasteiger partial charge in [0, 0.05) is 33.9 Å². The monoisotopic (exact) mass is 351 g/mol. The molecule has 3 heteroatoms. The van der Waals surface area contributed by atoms with Crippen LogP contribution in [0.15, 0.2) is 101 Å². The van der Waals surface area contributed by atoms with Crippen LogP contribution < -0.4 is 4.90 Å². The molecule has 0 aliphatic rings. The molecule has 1 aromatic heterocycles. The van der Waals surface area contributed by atoms with Crippen LogP contribution in [-0.2, 0) is 0 Å². The number of furan rings is 1. The summed E-state index contributed by atoms with van der Waals surface area (Å²) < 4.78 is 5.97. The van der Waals surface area contributed by atoms with E-state index in [1.807, 2.05) is 54.6 Å². The van der Waals surface area contributed by atoms with Crippen molar-refractivity contribution < 1.29 is 9.52 Å². The van der Waals surface area contributed by atoms with Crippen molar-refractivity contribution in [1.82, 2.24) is 0 Å². The molecule has 1 N–H and O–H groups in total. The van der Waals surface area contributed by atoms with Crippen molar-refractivity contribution >= 4 is 39.0 Å². The van der Waals surface area contributed by atoms with Gasteiger partial charge in [-0.25, -0.2) is 0 Å². The first kappa shape index (κ1) is 15.5. The van der Waals surface area contributed by atoms with E-state index in [0.717, 1.165) is 33.4 Å².